The van der Waals surface area contributed by atoms with Gasteiger partial charge in [0.1, 0.15) is 5.54 Å². The molecule has 1 aromatic rings. The number of amides is 3. The quantitative estimate of drug-likeness (QED) is 0.490. The van der Waals surface area contributed by atoms with E-state index in [-0.39, 0.29) is 12.2 Å². The number of non-ortho nitro benzene ring substituents is 1. The first kappa shape index (κ1) is 15.9. The van der Waals surface area contributed by atoms with Crippen LogP contribution in [0, 0.1) is 10.1 Å². The minimum Gasteiger partial charge on any atom is -0.324 e. The maximum absolute atomic E-state index is 12.6. The molecule has 1 aromatic carbocycles. The highest BCUT2D eigenvalue weighted by Crippen LogP contribution is 2.30. The normalized spacial score (nSPS) is 21.9. The van der Waals surface area contributed by atoms with Crippen molar-refractivity contribution in [3.05, 3.63) is 39.9 Å². The maximum atomic E-state index is 12.6. The van der Waals surface area contributed by atoms with Crippen LogP contribution in [0.1, 0.15) is 26.3 Å². The summed E-state index contributed by atoms with van der Waals surface area (Å²) in [5, 5.41) is 13.3. The molecule has 118 valence electrons. The molecule has 22 heavy (non-hydrogen) atoms. The van der Waals surface area contributed by atoms with Gasteiger partial charge in [-0.25, -0.2) is 4.79 Å². The molecule has 0 radical (unpaired) electrons. The number of nitrogens with one attached hydrogen (secondary N) is 1. The van der Waals surface area contributed by atoms with Crippen molar-refractivity contribution in [1.29, 1.82) is 0 Å². The highest BCUT2D eigenvalue weighted by molar-refractivity contribution is 6.07. The Morgan fingerprint density at radius 3 is 2.32 bits per heavy atom. The molecule has 0 aliphatic carbocycles. The number of nitro benzene ring substituents is 1. The van der Waals surface area contributed by atoms with Gasteiger partial charge >= 0.3 is 6.03 Å². The van der Waals surface area contributed by atoms with Gasteiger partial charge in [0.05, 0.1) is 4.92 Å². The van der Waals surface area contributed by atoms with Crippen LogP contribution in [-0.4, -0.2) is 33.8 Å². The zero-order valence-electron chi connectivity index (χ0n) is 12.6. The second-order valence-electron chi connectivity index (χ2n) is 6.24. The van der Waals surface area contributed by atoms with Gasteiger partial charge in [0.15, 0.2) is 0 Å². The number of carbonyl (C=O) groups excluding carboxylic acids is 2. The first-order valence-corrected chi connectivity index (χ1v) is 6.72. The number of rotatable bonds is 4. The lowest BCUT2D eigenvalue weighted by Gasteiger charge is -2.26. The summed E-state index contributed by atoms with van der Waals surface area (Å²) >= 11 is 0. The Labute approximate surface area is 127 Å². The van der Waals surface area contributed by atoms with E-state index >= 15 is 0 Å². The van der Waals surface area contributed by atoms with Crippen molar-refractivity contribution >= 4 is 17.6 Å². The Hall–Kier alpha value is -2.48. The minimum atomic E-state index is -1.25. The Bertz CT molecular complexity index is 635. The van der Waals surface area contributed by atoms with Gasteiger partial charge in [0.2, 0.25) is 0 Å². The summed E-state index contributed by atoms with van der Waals surface area (Å²) in [5.41, 5.74) is 4.30. The highest BCUT2D eigenvalue weighted by Gasteiger charge is 2.49. The molecular formula is C14H18N4O4. The second kappa shape index (κ2) is 5.06. The standard InChI is InChI=1S/C14H18N4O4/c1-13(2,15)8-17-11(19)14(3,16-12(17)20)9-4-6-10(7-5-9)18(21)22/h4-7H,8,15H2,1-3H3,(H,16,20). The van der Waals surface area contributed by atoms with E-state index in [1.54, 1.807) is 20.8 Å². The number of urea groups is 1. The first-order chi connectivity index (χ1) is 10.0. The SMILES string of the molecule is CC(C)(N)CN1C(=O)NC(C)(c2ccc([N+](=O)[O-])cc2)C1=O. The molecule has 0 aromatic heterocycles. The molecule has 8 nitrogen and oxygen atoms in total. The van der Waals surface area contributed by atoms with Gasteiger partial charge in [0, 0.05) is 24.2 Å². The van der Waals surface area contributed by atoms with Crippen molar-refractivity contribution in [1.82, 2.24) is 10.2 Å². The van der Waals surface area contributed by atoms with E-state index in [0.717, 1.165) is 4.90 Å². The van der Waals surface area contributed by atoms with E-state index in [4.69, 9.17) is 5.73 Å². The van der Waals surface area contributed by atoms with Gasteiger partial charge in [-0.15, -0.1) is 0 Å². The molecule has 3 amide bonds. The Balaban J connectivity index is 2.32. The van der Waals surface area contributed by atoms with Crippen molar-refractivity contribution in [3.8, 4) is 0 Å². The van der Waals surface area contributed by atoms with E-state index in [1.807, 2.05) is 0 Å². The lowest BCUT2D eigenvalue weighted by molar-refractivity contribution is -0.384. The molecule has 1 unspecified atom stereocenters. The number of carbonyl (C=O) groups is 2. The molecule has 0 spiro atoms. The Morgan fingerprint density at radius 2 is 1.86 bits per heavy atom. The van der Waals surface area contributed by atoms with Crippen LogP contribution in [0.3, 0.4) is 0 Å². The van der Waals surface area contributed by atoms with E-state index in [9.17, 15) is 19.7 Å². The molecule has 8 heteroatoms. The zero-order valence-corrected chi connectivity index (χ0v) is 12.6. The largest absolute Gasteiger partial charge is 0.325 e. The summed E-state index contributed by atoms with van der Waals surface area (Å²) in [7, 11) is 0. The van der Waals surface area contributed by atoms with Crippen LogP contribution >= 0.6 is 0 Å². The average molecular weight is 306 g/mol. The number of imide groups is 1. The first-order valence-electron chi connectivity index (χ1n) is 6.72. The predicted octanol–water partition coefficient (Wildman–Crippen LogP) is 1.10. The summed E-state index contributed by atoms with van der Waals surface area (Å²) in [6.07, 6.45) is 0. The summed E-state index contributed by atoms with van der Waals surface area (Å²) in [4.78, 5) is 35.9. The van der Waals surface area contributed by atoms with Gasteiger partial charge in [-0.1, -0.05) is 0 Å². The highest BCUT2D eigenvalue weighted by atomic mass is 16.6. The predicted molar refractivity (Wildman–Crippen MR) is 79.0 cm³/mol. The molecule has 0 saturated carbocycles. The molecule has 1 saturated heterocycles. The van der Waals surface area contributed by atoms with Crippen molar-refractivity contribution in [3.63, 3.8) is 0 Å². The monoisotopic (exact) mass is 306 g/mol. The fraction of sp³-hybridized carbons (Fsp3) is 0.429. The van der Waals surface area contributed by atoms with E-state index in [1.165, 1.54) is 24.3 Å². The van der Waals surface area contributed by atoms with Crippen LogP contribution in [0.4, 0.5) is 10.5 Å². The molecule has 1 fully saturated rings. The fourth-order valence-electron chi connectivity index (χ4n) is 2.36. The second-order valence-corrected chi connectivity index (χ2v) is 6.24. The number of hydrogen-bond donors (Lipinski definition) is 2. The van der Waals surface area contributed by atoms with Crippen LogP contribution in [0.15, 0.2) is 24.3 Å². The number of benzene rings is 1. The Morgan fingerprint density at radius 1 is 1.32 bits per heavy atom. The third-order valence-electron chi connectivity index (χ3n) is 3.50. The molecule has 1 atom stereocenters. The van der Waals surface area contributed by atoms with Crippen LogP contribution in [0.5, 0.6) is 0 Å². The minimum absolute atomic E-state index is 0.0796. The topological polar surface area (TPSA) is 119 Å². The lowest BCUT2D eigenvalue weighted by atomic mass is 9.91. The van der Waals surface area contributed by atoms with Crippen molar-refractivity contribution in [2.24, 2.45) is 5.73 Å². The molecule has 0 bridgehead atoms. The van der Waals surface area contributed by atoms with Crippen molar-refractivity contribution < 1.29 is 14.5 Å². The summed E-state index contributed by atoms with van der Waals surface area (Å²) in [6, 6.07) is 5.01. The number of hydrogen-bond acceptors (Lipinski definition) is 5. The summed E-state index contributed by atoms with van der Waals surface area (Å²) in [5.74, 6) is -0.426. The fourth-order valence-corrected chi connectivity index (χ4v) is 2.36. The molecular weight excluding hydrogens is 288 g/mol. The molecule has 1 aliphatic heterocycles. The molecule has 1 heterocycles. The van der Waals surface area contributed by atoms with Crippen LogP contribution in [-0.2, 0) is 10.3 Å². The zero-order chi connectivity index (χ0) is 16.7. The lowest BCUT2D eigenvalue weighted by Crippen LogP contribution is -2.48. The van der Waals surface area contributed by atoms with Gasteiger partial charge < -0.3 is 11.1 Å². The third kappa shape index (κ3) is 2.77. The number of nitrogens with two attached hydrogens (primary N) is 1. The van der Waals surface area contributed by atoms with Gasteiger partial charge in [-0.2, -0.15) is 0 Å². The molecule has 2 rings (SSSR count). The third-order valence-corrected chi connectivity index (χ3v) is 3.50. The van der Waals surface area contributed by atoms with E-state index in [2.05, 4.69) is 5.32 Å². The smallest absolute Gasteiger partial charge is 0.324 e. The molecule has 3 N–H and O–H groups in total. The van der Waals surface area contributed by atoms with Gasteiger partial charge in [-0.3, -0.25) is 19.8 Å². The summed E-state index contributed by atoms with van der Waals surface area (Å²) < 4.78 is 0. The van der Waals surface area contributed by atoms with E-state index in [0.29, 0.717) is 5.56 Å². The maximum Gasteiger partial charge on any atom is 0.325 e. The number of nitro groups is 1. The van der Waals surface area contributed by atoms with Crippen molar-refractivity contribution in [2.45, 2.75) is 31.8 Å². The van der Waals surface area contributed by atoms with Gasteiger partial charge in [-0.05, 0) is 38.5 Å². The molecule has 1 aliphatic rings. The van der Waals surface area contributed by atoms with Crippen molar-refractivity contribution in [2.75, 3.05) is 6.54 Å². The van der Waals surface area contributed by atoms with E-state index < -0.39 is 27.9 Å². The Kier molecular flexibility index (Phi) is 3.66. The van der Waals surface area contributed by atoms with Crippen LogP contribution < -0.4 is 11.1 Å². The number of nitrogens with zero attached hydrogens (tertiary/aromatic N) is 2. The van der Waals surface area contributed by atoms with Crippen LogP contribution in [0.25, 0.3) is 0 Å². The van der Waals surface area contributed by atoms with Crippen LogP contribution in [0.2, 0.25) is 0 Å². The van der Waals surface area contributed by atoms with Gasteiger partial charge in [0.25, 0.3) is 11.6 Å². The average Bonchev–Trinajstić information content (AvgIpc) is 2.62. The summed E-state index contributed by atoms with van der Waals surface area (Å²) in [6.45, 7) is 5.09.